The molecule has 0 radical (unpaired) electrons. The Kier molecular flexibility index (Phi) is 3.46. The van der Waals surface area contributed by atoms with Gasteiger partial charge in [0.1, 0.15) is 0 Å². The van der Waals surface area contributed by atoms with Crippen LogP contribution in [0.1, 0.15) is 20.8 Å². The Hall–Kier alpha value is -2.05. The van der Waals surface area contributed by atoms with Crippen molar-refractivity contribution < 1.29 is 0 Å². The summed E-state index contributed by atoms with van der Waals surface area (Å²) in [4.78, 5) is 31.7. The molecule has 0 aliphatic rings. The van der Waals surface area contributed by atoms with Gasteiger partial charge in [-0.2, -0.15) is 4.98 Å². The molecule has 7 heteroatoms. The van der Waals surface area contributed by atoms with E-state index in [2.05, 4.69) is 15.3 Å². The fourth-order valence-corrected chi connectivity index (χ4v) is 2.09. The summed E-state index contributed by atoms with van der Waals surface area (Å²) in [6.07, 6.45) is 0. The quantitative estimate of drug-likeness (QED) is 0.848. The smallest absolute Gasteiger partial charge is 0.332 e. The molecule has 0 unspecified atom stereocenters. The van der Waals surface area contributed by atoms with Crippen LogP contribution in [0.2, 0.25) is 0 Å². The van der Waals surface area contributed by atoms with Gasteiger partial charge in [0.25, 0.3) is 5.56 Å². The van der Waals surface area contributed by atoms with Gasteiger partial charge in [-0.05, 0) is 12.8 Å². The van der Waals surface area contributed by atoms with Gasteiger partial charge in [0.15, 0.2) is 11.2 Å². The van der Waals surface area contributed by atoms with E-state index in [9.17, 15) is 9.59 Å². The molecule has 2 aromatic rings. The zero-order chi connectivity index (χ0) is 14.2. The van der Waals surface area contributed by atoms with Crippen molar-refractivity contribution in [2.24, 2.45) is 5.92 Å². The number of fused-ring (bicyclic) bond motifs is 1. The Bertz CT molecular complexity index is 707. The van der Waals surface area contributed by atoms with Crippen molar-refractivity contribution in [1.29, 1.82) is 0 Å². The fraction of sp³-hybridized carbons (Fsp3) is 0.583. The lowest BCUT2D eigenvalue weighted by atomic mass is 10.2. The molecule has 0 atom stereocenters. The summed E-state index contributed by atoms with van der Waals surface area (Å²) < 4.78 is 2.78. The van der Waals surface area contributed by atoms with Crippen LogP contribution in [-0.2, 0) is 13.1 Å². The second-order valence-electron chi connectivity index (χ2n) is 4.87. The van der Waals surface area contributed by atoms with Crippen molar-refractivity contribution in [2.45, 2.75) is 33.9 Å². The van der Waals surface area contributed by atoms with Crippen LogP contribution in [0.4, 0.5) is 5.95 Å². The second-order valence-corrected chi connectivity index (χ2v) is 4.87. The van der Waals surface area contributed by atoms with E-state index in [-0.39, 0.29) is 11.2 Å². The second kappa shape index (κ2) is 4.91. The number of anilines is 1. The summed E-state index contributed by atoms with van der Waals surface area (Å²) >= 11 is 0. The minimum Gasteiger partial charge on any atom is -0.359 e. The lowest BCUT2D eigenvalue weighted by Crippen LogP contribution is -2.40. The summed E-state index contributed by atoms with van der Waals surface area (Å²) in [7, 11) is 1.71. The van der Waals surface area contributed by atoms with E-state index in [0.717, 1.165) is 0 Å². The van der Waals surface area contributed by atoms with Crippen LogP contribution >= 0.6 is 0 Å². The van der Waals surface area contributed by atoms with E-state index in [1.54, 1.807) is 18.5 Å². The monoisotopic (exact) mass is 265 g/mol. The summed E-state index contributed by atoms with van der Waals surface area (Å²) in [6.45, 7) is 6.70. The molecule has 2 heterocycles. The van der Waals surface area contributed by atoms with Crippen molar-refractivity contribution in [3.8, 4) is 0 Å². The highest BCUT2D eigenvalue weighted by atomic mass is 16.2. The molecular weight excluding hydrogens is 246 g/mol. The number of nitrogens with zero attached hydrogens (tertiary/aromatic N) is 3. The molecular formula is C12H19N5O2. The Morgan fingerprint density at radius 3 is 2.53 bits per heavy atom. The molecule has 0 saturated carbocycles. The van der Waals surface area contributed by atoms with Crippen molar-refractivity contribution in [2.75, 3.05) is 12.4 Å². The van der Waals surface area contributed by atoms with E-state index >= 15 is 0 Å². The van der Waals surface area contributed by atoms with Crippen LogP contribution in [0.15, 0.2) is 9.59 Å². The maximum atomic E-state index is 12.3. The van der Waals surface area contributed by atoms with Crippen LogP contribution in [-0.4, -0.2) is 26.1 Å². The lowest BCUT2D eigenvalue weighted by Gasteiger charge is -2.11. The van der Waals surface area contributed by atoms with Gasteiger partial charge in [-0.25, -0.2) is 4.79 Å². The third-order valence-corrected chi connectivity index (χ3v) is 2.96. The SMILES string of the molecule is CCn1c(=O)c2[nH]c(NC)nc2n(CC(C)C)c1=O. The topological polar surface area (TPSA) is 84.7 Å². The molecule has 2 N–H and O–H groups in total. The van der Waals surface area contributed by atoms with Gasteiger partial charge < -0.3 is 10.3 Å². The van der Waals surface area contributed by atoms with Gasteiger partial charge >= 0.3 is 5.69 Å². The predicted octanol–water partition coefficient (Wildman–Crippen LogP) is 0.604. The third kappa shape index (κ3) is 2.16. The van der Waals surface area contributed by atoms with E-state index in [1.165, 1.54) is 4.57 Å². The number of aromatic nitrogens is 4. The third-order valence-electron chi connectivity index (χ3n) is 2.96. The van der Waals surface area contributed by atoms with Crippen LogP contribution in [0.25, 0.3) is 11.2 Å². The number of aromatic amines is 1. The Labute approximate surface area is 110 Å². The fourth-order valence-electron chi connectivity index (χ4n) is 2.09. The molecule has 0 bridgehead atoms. The summed E-state index contributed by atoms with van der Waals surface area (Å²) in [6, 6.07) is 0. The normalized spacial score (nSPS) is 11.4. The van der Waals surface area contributed by atoms with Crippen molar-refractivity contribution in [3.63, 3.8) is 0 Å². The van der Waals surface area contributed by atoms with Gasteiger partial charge in [0.2, 0.25) is 5.95 Å². The average Bonchev–Trinajstić information content (AvgIpc) is 2.79. The molecule has 0 amide bonds. The van der Waals surface area contributed by atoms with Crippen LogP contribution in [0.5, 0.6) is 0 Å². The first-order valence-electron chi connectivity index (χ1n) is 6.40. The summed E-state index contributed by atoms with van der Waals surface area (Å²) in [5.74, 6) is 0.774. The highest BCUT2D eigenvalue weighted by molar-refractivity contribution is 5.72. The van der Waals surface area contributed by atoms with Gasteiger partial charge in [0.05, 0.1) is 0 Å². The molecule has 19 heavy (non-hydrogen) atoms. The van der Waals surface area contributed by atoms with Gasteiger partial charge in [0, 0.05) is 20.1 Å². The highest BCUT2D eigenvalue weighted by Crippen LogP contribution is 2.10. The first kappa shape index (κ1) is 13.4. The average molecular weight is 265 g/mol. The Morgan fingerprint density at radius 2 is 2.00 bits per heavy atom. The number of rotatable bonds is 4. The van der Waals surface area contributed by atoms with Gasteiger partial charge in [-0.15, -0.1) is 0 Å². The lowest BCUT2D eigenvalue weighted by molar-refractivity contribution is 0.491. The molecule has 0 fully saturated rings. The number of H-pyrrole nitrogens is 1. The molecule has 0 spiro atoms. The van der Waals surface area contributed by atoms with Crippen LogP contribution < -0.4 is 16.6 Å². The number of imidazole rings is 1. The molecule has 0 aromatic carbocycles. The molecule has 7 nitrogen and oxygen atoms in total. The van der Waals surface area contributed by atoms with E-state index < -0.39 is 0 Å². The standard InChI is InChI=1S/C12H19N5O2/c1-5-16-10(18)8-9(15-11(13-4)14-8)17(12(16)19)6-7(2)3/h7H,5-6H2,1-4H3,(H2,13,14,15). The minimum atomic E-state index is -0.323. The van der Waals surface area contributed by atoms with Crippen molar-refractivity contribution in [3.05, 3.63) is 20.8 Å². The first-order valence-corrected chi connectivity index (χ1v) is 6.40. The zero-order valence-corrected chi connectivity index (χ0v) is 11.6. The largest absolute Gasteiger partial charge is 0.359 e. The van der Waals surface area contributed by atoms with E-state index in [4.69, 9.17) is 0 Å². The van der Waals surface area contributed by atoms with E-state index in [1.807, 2.05) is 13.8 Å². The van der Waals surface area contributed by atoms with Crippen LogP contribution in [0, 0.1) is 5.92 Å². The number of hydrogen-bond donors (Lipinski definition) is 2. The number of hydrogen-bond acceptors (Lipinski definition) is 4. The first-order chi connectivity index (χ1) is 8.99. The minimum absolute atomic E-state index is 0.290. The molecule has 0 aliphatic carbocycles. The van der Waals surface area contributed by atoms with E-state index in [0.29, 0.717) is 36.1 Å². The summed E-state index contributed by atoms with van der Waals surface area (Å²) in [5, 5.41) is 2.85. The molecule has 2 rings (SSSR count). The Morgan fingerprint density at radius 1 is 1.32 bits per heavy atom. The molecule has 2 aromatic heterocycles. The van der Waals surface area contributed by atoms with Gasteiger partial charge in [-0.1, -0.05) is 13.8 Å². The maximum absolute atomic E-state index is 12.3. The zero-order valence-electron chi connectivity index (χ0n) is 11.6. The molecule has 0 saturated heterocycles. The highest BCUT2D eigenvalue weighted by Gasteiger charge is 2.16. The predicted molar refractivity (Wildman–Crippen MR) is 74.7 cm³/mol. The molecule has 0 aliphatic heterocycles. The van der Waals surface area contributed by atoms with Crippen molar-refractivity contribution in [1.82, 2.24) is 19.1 Å². The molecule has 104 valence electrons. The van der Waals surface area contributed by atoms with Crippen molar-refractivity contribution >= 4 is 17.1 Å². The summed E-state index contributed by atoms with van der Waals surface area (Å²) in [5.41, 5.74) is 0.156. The maximum Gasteiger partial charge on any atom is 0.332 e. The van der Waals surface area contributed by atoms with Crippen LogP contribution in [0.3, 0.4) is 0 Å². The number of nitrogens with one attached hydrogen (secondary N) is 2. The Balaban J connectivity index is 2.87. The van der Waals surface area contributed by atoms with Gasteiger partial charge in [-0.3, -0.25) is 13.9 Å².